The molecule has 0 saturated carbocycles. The van der Waals surface area contributed by atoms with Crippen LogP contribution in [-0.2, 0) is 15.7 Å². The van der Waals surface area contributed by atoms with Crippen molar-refractivity contribution in [2.75, 3.05) is 20.2 Å². The summed E-state index contributed by atoms with van der Waals surface area (Å²) in [5, 5.41) is 6.91. The van der Waals surface area contributed by atoms with E-state index in [-0.39, 0.29) is 18.8 Å². The van der Waals surface area contributed by atoms with Gasteiger partial charge in [-0.15, -0.1) is 0 Å². The first-order valence-electron chi connectivity index (χ1n) is 8.94. The summed E-state index contributed by atoms with van der Waals surface area (Å²) in [5.41, 5.74) is 0.740. The number of hydrogen-bond donors (Lipinski definition) is 1. The smallest absolute Gasteiger partial charge is 0.416 e. The number of rotatable bonds is 6. The van der Waals surface area contributed by atoms with E-state index in [1.807, 2.05) is 0 Å². The van der Waals surface area contributed by atoms with Crippen LogP contribution in [0.3, 0.4) is 0 Å². The van der Waals surface area contributed by atoms with Gasteiger partial charge in [0.15, 0.2) is 0 Å². The lowest BCUT2D eigenvalue weighted by Crippen LogP contribution is -2.39. The molecule has 0 aliphatic heterocycles. The number of likely N-dealkylation sites (N-methyl/N-ethyl adjacent to an activating group) is 1. The summed E-state index contributed by atoms with van der Waals surface area (Å²) in [6, 6.07) is 4.39. The molecular weight excluding hydrogens is 389 g/mol. The number of nitrogens with zero attached hydrogens (tertiary/aromatic N) is 3. The summed E-state index contributed by atoms with van der Waals surface area (Å²) in [6.07, 6.45) is -3.56. The molecule has 7 nitrogen and oxygen atoms in total. The molecule has 0 saturated heterocycles. The minimum atomic E-state index is -4.45. The number of carbonyl (C=O) groups is 2. The van der Waals surface area contributed by atoms with Gasteiger partial charge >= 0.3 is 12.3 Å². The van der Waals surface area contributed by atoms with Crippen LogP contribution in [0.4, 0.5) is 18.0 Å². The second-order valence-electron chi connectivity index (χ2n) is 6.49. The number of benzene rings is 1. The number of carbonyl (C=O) groups excluding carboxylic acids is 2. The molecule has 1 N–H and O–H groups in total. The van der Waals surface area contributed by atoms with Gasteiger partial charge in [0.2, 0.25) is 5.91 Å². The first kappa shape index (κ1) is 22.3. The minimum Gasteiger partial charge on any atom is -0.450 e. The average Bonchev–Trinajstić information content (AvgIpc) is 3.02. The number of nitrogens with one attached hydrogen (secondary N) is 1. The van der Waals surface area contributed by atoms with Gasteiger partial charge in [0.05, 0.1) is 30.1 Å². The molecule has 158 valence electrons. The highest BCUT2D eigenvalue weighted by Crippen LogP contribution is 2.31. The van der Waals surface area contributed by atoms with Gasteiger partial charge < -0.3 is 15.0 Å². The normalized spacial score (nSPS) is 12.4. The maximum atomic E-state index is 13.0. The number of amides is 2. The topological polar surface area (TPSA) is 76.5 Å². The molecule has 0 radical (unpaired) electrons. The molecule has 0 spiro atoms. The maximum Gasteiger partial charge on any atom is 0.416 e. The SMILES string of the molecule is CCOC(=O)N(C)CC(=O)NC(C)c1cnn(-c2cccc(C(F)(F)F)c2)c1C. The van der Waals surface area contributed by atoms with Crippen molar-refractivity contribution in [3.05, 3.63) is 47.3 Å². The molecule has 29 heavy (non-hydrogen) atoms. The second-order valence-corrected chi connectivity index (χ2v) is 6.49. The van der Waals surface area contributed by atoms with Gasteiger partial charge in [-0.3, -0.25) is 4.79 Å². The molecule has 0 aliphatic carbocycles. The molecule has 1 atom stereocenters. The molecule has 0 bridgehead atoms. The zero-order valence-electron chi connectivity index (χ0n) is 16.6. The van der Waals surface area contributed by atoms with Crippen molar-refractivity contribution in [1.29, 1.82) is 0 Å². The minimum absolute atomic E-state index is 0.190. The van der Waals surface area contributed by atoms with Crippen molar-refractivity contribution in [3.8, 4) is 5.69 Å². The molecule has 2 rings (SSSR count). The third kappa shape index (κ3) is 5.49. The Balaban J connectivity index is 2.12. The first-order valence-corrected chi connectivity index (χ1v) is 8.94. The lowest BCUT2D eigenvalue weighted by molar-refractivity contribution is -0.137. The monoisotopic (exact) mass is 412 g/mol. The van der Waals surface area contributed by atoms with Crippen molar-refractivity contribution in [2.24, 2.45) is 0 Å². The fraction of sp³-hybridized carbons (Fsp3) is 0.421. The molecule has 10 heteroatoms. The summed E-state index contributed by atoms with van der Waals surface area (Å²) in [5.74, 6) is -0.403. The van der Waals surface area contributed by atoms with Crippen LogP contribution in [0.15, 0.2) is 30.5 Å². The zero-order valence-corrected chi connectivity index (χ0v) is 16.6. The van der Waals surface area contributed by atoms with Gasteiger partial charge in [0, 0.05) is 18.3 Å². The molecular formula is C19H23F3N4O3. The van der Waals surface area contributed by atoms with Gasteiger partial charge in [-0.1, -0.05) is 6.07 Å². The quantitative estimate of drug-likeness (QED) is 0.788. The second kappa shape index (κ2) is 8.97. The van der Waals surface area contributed by atoms with E-state index in [1.54, 1.807) is 20.8 Å². The Labute approximate surface area is 166 Å². The van der Waals surface area contributed by atoms with Gasteiger partial charge in [0.1, 0.15) is 6.54 Å². The Hall–Kier alpha value is -3.04. The standard InChI is InChI=1S/C19H23F3N4O3/c1-5-29-18(28)25(4)11-17(27)24-12(2)16-10-23-26(13(16)3)15-8-6-7-14(9-15)19(20,21)22/h6-10,12H,5,11H2,1-4H3,(H,24,27). The van der Waals surface area contributed by atoms with E-state index in [0.717, 1.165) is 17.0 Å². The van der Waals surface area contributed by atoms with Crippen LogP contribution in [0.2, 0.25) is 0 Å². The lowest BCUT2D eigenvalue weighted by atomic mass is 10.1. The molecule has 1 aromatic carbocycles. The highest BCUT2D eigenvalue weighted by atomic mass is 19.4. The van der Waals surface area contributed by atoms with Crippen molar-refractivity contribution in [3.63, 3.8) is 0 Å². The molecule has 2 aromatic rings. The predicted octanol–water partition coefficient (Wildman–Crippen LogP) is 3.47. The van der Waals surface area contributed by atoms with Gasteiger partial charge in [-0.05, 0) is 39.0 Å². The van der Waals surface area contributed by atoms with E-state index in [4.69, 9.17) is 4.74 Å². The van der Waals surface area contributed by atoms with E-state index >= 15 is 0 Å². The Morgan fingerprint density at radius 3 is 2.66 bits per heavy atom. The fourth-order valence-corrected chi connectivity index (χ4v) is 2.80. The van der Waals surface area contributed by atoms with Crippen LogP contribution in [0.25, 0.3) is 5.69 Å². The zero-order chi connectivity index (χ0) is 21.8. The van der Waals surface area contributed by atoms with Crippen molar-refractivity contribution in [1.82, 2.24) is 20.0 Å². The molecule has 0 aliphatic rings. The maximum absolute atomic E-state index is 13.0. The van der Waals surface area contributed by atoms with Crippen molar-refractivity contribution in [2.45, 2.75) is 33.0 Å². The summed E-state index contributed by atoms with van der Waals surface area (Å²) in [4.78, 5) is 24.9. The summed E-state index contributed by atoms with van der Waals surface area (Å²) in [6.45, 7) is 5.11. The molecule has 1 heterocycles. The number of halogens is 3. The predicted molar refractivity (Wildman–Crippen MR) is 99.5 cm³/mol. The van der Waals surface area contributed by atoms with Crippen LogP contribution in [0.1, 0.15) is 36.7 Å². The summed E-state index contributed by atoms with van der Waals surface area (Å²) < 4.78 is 45.1. The Bertz CT molecular complexity index is 880. The largest absolute Gasteiger partial charge is 0.450 e. The van der Waals surface area contributed by atoms with Crippen LogP contribution < -0.4 is 5.32 Å². The number of aromatic nitrogens is 2. The van der Waals surface area contributed by atoms with Crippen LogP contribution in [-0.4, -0.2) is 46.9 Å². The Morgan fingerprint density at radius 1 is 1.34 bits per heavy atom. The highest BCUT2D eigenvalue weighted by molar-refractivity contribution is 5.82. The molecule has 0 fully saturated rings. The number of hydrogen-bond acceptors (Lipinski definition) is 4. The van der Waals surface area contributed by atoms with Gasteiger partial charge in [-0.2, -0.15) is 18.3 Å². The number of ether oxygens (including phenoxy) is 1. The summed E-state index contributed by atoms with van der Waals surface area (Å²) >= 11 is 0. The number of alkyl halides is 3. The van der Waals surface area contributed by atoms with Crippen molar-refractivity contribution < 1.29 is 27.5 Å². The van der Waals surface area contributed by atoms with Crippen LogP contribution >= 0.6 is 0 Å². The van der Waals surface area contributed by atoms with E-state index in [1.165, 1.54) is 30.1 Å². The molecule has 1 aromatic heterocycles. The first-order chi connectivity index (χ1) is 13.5. The van der Waals surface area contributed by atoms with Gasteiger partial charge in [0.25, 0.3) is 0 Å². The Kier molecular flexibility index (Phi) is 6.89. The third-order valence-corrected chi connectivity index (χ3v) is 4.27. The fourth-order valence-electron chi connectivity index (χ4n) is 2.80. The van der Waals surface area contributed by atoms with Crippen molar-refractivity contribution >= 4 is 12.0 Å². The van der Waals surface area contributed by atoms with E-state index in [9.17, 15) is 22.8 Å². The van der Waals surface area contributed by atoms with E-state index in [0.29, 0.717) is 11.3 Å². The lowest BCUT2D eigenvalue weighted by Gasteiger charge is -2.19. The highest BCUT2D eigenvalue weighted by Gasteiger charge is 2.30. The third-order valence-electron chi connectivity index (χ3n) is 4.27. The van der Waals surface area contributed by atoms with Crippen LogP contribution in [0, 0.1) is 6.92 Å². The van der Waals surface area contributed by atoms with Crippen LogP contribution in [0.5, 0.6) is 0 Å². The van der Waals surface area contributed by atoms with E-state index in [2.05, 4.69) is 10.4 Å². The van der Waals surface area contributed by atoms with E-state index < -0.39 is 29.8 Å². The Morgan fingerprint density at radius 2 is 2.03 bits per heavy atom. The van der Waals surface area contributed by atoms with Gasteiger partial charge in [-0.25, -0.2) is 9.48 Å². The summed E-state index contributed by atoms with van der Waals surface area (Å²) in [7, 11) is 1.44. The molecule has 2 amide bonds. The average molecular weight is 412 g/mol. The molecule has 1 unspecified atom stereocenters.